The summed E-state index contributed by atoms with van der Waals surface area (Å²) in [5.74, 6) is 4.15. The highest BCUT2D eigenvalue weighted by molar-refractivity contribution is 7.99. The van der Waals surface area contributed by atoms with E-state index in [1.807, 2.05) is 0 Å². The Kier molecular flexibility index (Phi) is 4.44. The Hall–Kier alpha value is 0.310. The van der Waals surface area contributed by atoms with Gasteiger partial charge in [-0.1, -0.05) is 20.3 Å². The molecule has 1 heterocycles. The average molecular weight is 187 g/mol. The van der Waals surface area contributed by atoms with Crippen LogP contribution in [-0.4, -0.2) is 17.5 Å². The molecule has 0 aromatic heterocycles. The smallest absolute Gasteiger partial charge is 0.0101 e. The lowest BCUT2D eigenvalue weighted by Gasteiger charge is -2.24. The highest BCUT2D eigenvalue weighted by Crippen LogP contribution is 2.29. The zero-order chi connectivity index (χ0) is 8.97. The van der Waals surface area contributed by atoms with Crippen LogP contribution in [0.4, 0.5) is 0 Å². The lowest BCUT2D eigenvalue weighted by molar-refractivity contribution is 0.332. The van der Waals surface area contributed by atoms with Gasteiger partial charge in [0.2, 0.25) is 0 Å². The summed E-state index contributed by atoms with van der Waals surface area (Å²) in [6.45, 7) is 4.55. The van der Waals surface area contributed by atoms with Crippen molar-refractivity contribution in [2.75, 3.05) is 11.5 Å². The zero-order valence-electron chi connectivity index (χ0n) is 8.25. The lowest BCUT2D eigenvalue weighted by atomic mass is 9.87. The molecule has 2 heteroatoms. The Balaban J connectivity index is 2.29. The van der Waals surface area contributed by atoms with E-state index >= 15 is 0 Å². The second-order valence-corrected chi connectivity index (χ2v) is 5.12. The first-order chi connectivity index (χ1) is 5.75. The highest BCUT2D eigenvalue weighted by atomic mass is 32.2. The molecule has 0 bridgehead atoms. The molecule has 72 valence electrons. The van der Waals surface area contributed by atoms with Gasteiger partial charge in [-0.2, -0.15) is 11.8 Å². The Morgan fingerprint density at radius 3 is 2.83 bits per heavy atom. The molecule has 0 aromatic rings. The minimum absolute atomic E-state index is 0.458. The first kappa shape index (κ1) is 10.4. The van der Waals surface area contributed by atoms with Gasteiger partial charge >= 0.3 is 0 Å². The van der Waals surface area contributed by atoms with E-state index in [2.05, 4.69) is 25.6 Å². The third-order valence-electron chi connectivity index (χ3n) is 2.91. The van der Waals surface area contributed by atoms with Crippen molar-refractivity contribution in [3.8, 4) is 0 Å². The van der Waals surface area contributed by atoms with Crippen LogP contribution in [0.5, 0.6) is 0 Å². The molecule has 1 rings (SSSR count). The van der Waals surface area contributed by atoms with E-state index in [0.29, 0.717) is 6.04 Å². The molecule has 0 saturated carbocycles. The van der Waals surface area contributed by atoms with E-state index in [1.54, 1.807) is 0 Å². The summed E-state index contributed by atoms with van der Waals surface area (Å²) < 4.78 is 0. The van der Waals surface area contributed by atoms with E-state index in [4.69, 9.17) is 5.73 Å². The van der Waals surface area contributed by atoms with Crippen LogP contribution in [0.25, 0.3) is 0 Å². The first-order valence-electron chi connectivity index (χ1n) is 5.09. The van der Waals surface area contributed by atoms with Gasteiger partial charge in [-0.25, -0.2) is 0 Å². The molecule has 1 saturated heterocycles. The SMILES string of the molecule is CCCC(C)C(N)C1CCSC1. The number of thioether (sulfide) groups is 1. The second kappa shape index (κ2) is 5.13. The van der Waals surface area contributed by atoms with Gasteiger partial charge in [0.15, 0.2) is 0 Å². The fourth-order valence-electron chi connectivity index (χ4n) is 1.97. The maximum atomic E-state index is 6.20. The van der Waals surface area contributed by atoms with Gasteiger partial charge in [0.1, 0.15) is 0 Å². The van der Waals surface area contributed by atoms with Gasteiger partial charge in [-0.3, -0.25) is 0 Å². The van der Waals surface area contributed by atoms with Crippen molar-refractivity contribution in [1.29, 1.82) is 0 Å². The molecule has 0 radical (unpaired) electrons. The molecule has 3 unspecified atom stereocenters. The van der Waals surface area contributed by atoms with Crippen LogP contribution in [0, 0.1) is 11.8 Å². The molecule has 0 amide bonds. The number of hydrogen-bond acceptors (Lipinski definition) is 2. The molecule has 1 aliphatic heterocycles. The highest BCUT2D eigenvalue weighted by Gasteiger charge is 2.25. The van der Waals surface area contributed by atoms with Crippen LogP contribution in [-0.2, 0) is 0 Å². The van der Waals surface area contributed by atoms with Crippen molar-refractivity contribution < 1.29 is 0 Å². The van der Waals surface area contributed by atoms with E-state index in [0.717, 1.165) is 11.8 Å². The Morgan fingerprint density at radius 2 is 2.33 bits per heavy atom. The van der Waals surface area contributed by atoms with Crippen LogP contribution in [0.3, 0.4) is 0 Å². The Labute approximate surface area is 80.5 Å². The quantitative estimate of drug-likeness (QED) is 0.732. The largest absolute Gasteiger partial charge is 0.327 e. The van der Waals surface area contributed by atoms with Gasteiger partial charge in [-0.15, -0.1) is 0 Å². The predicted molar refractivity (Wildman–Crippen MR) is 57.5 cm³/mol. The molecular formula is C10H21NS. The minimum Gasteiger partial charge on any atom is -0.327 e. The Morgan fingerprint density at radius 1 is 1.58 bits per heavy atom. The predicted octanol–water partition coefficient (Wildman–Crippen LogP) is 2.50. The van der Waals surface area contributed by atoms with Crippen molar-refractivity contribution in [2.45, 2.75) is 39.2 Å². The summed E-state index contributed by atoms with van der Waals surface area (Å²) in [4.78, 5) is 0. The van der Waals surface area contributed by atoms with Crippen molar-refractivity contribution >= 4 is 11.8 Å². The molecule has 1 aliphatic rings. The average Bonchev–Trinajstić information content (AvgIpc) is 2.55. The topological polar surface area (TPSA) is 26.0 Å². The molecule has 3 atom stereocenters. The van der Waals surface area contributed by atoms with Crippen molar-refractivity contribution in [3.05, 3.63) is 0 Å². The van der Waals surface area contributed by atoms with Crippen LogP contribution >= 0.6 is 11.8 Å². The summed E-state index contributed by atoms with van der Waals surface area (Å²) in [5, 5.41) is 0. The fourth-order valence-corrected chi connectivity index (χ4v) is 3.30. The second-order valence-electron chi connectivity index (χ2n) is 3.97. The van der Waals surface area contributed by atoms with Crippen molar-refractivity contribution in [2.24, 2.45) is 17.6 Å². The van der Waals surface area contributed by atoms with Crippen molar-refractivity contribution in [3.63, 3.8) is 0 Å². The molecular weight excluding hydrogens is 166 g/mol. The van der Waals surface area contributed by atoms with E-state index in [1.165, 1.54) is 30.8 Å². The molecule has 2 N–H and O–H groups in total. The normalized spacial score (nSPS) is 28.8. The number of rotatable bonds is 4. The monoisotopic (exact) mass is 187 g/mol. The summed E-state index contributed by atoms with van der Waals surface area (Å²) in [6, 6.07) is 0.458. The minimum atomic E-state index is 0.458. The summed E-state index contributed by atoms with van der Waals surface area (Å²) >= 11 is 2.07. The van der Waals surface area contributed by atoms with E-state index in [9.17, 15) is 0 Å². The molecule has 0 aromatic carbocycles. The van der Waals surface area contributed by atoms with Gasteiger partial charge in [0.05, 0.1) is 0 Å². The molecule has 1 fully saturated rings. The summed E-state index contributed by atoms with van der Waals surface area (Å²) in [7, 11) is 0. The van der Waals surface area contributed by atoms with Gasteiger partial charge in [-0.05, 0) is 36.2 Å². The maximum absolute atomic E-state index is 6.20. The van der Waals surface area contributed by atoms with E-state index < -0.39 is 0 Å². The molecule has 0 aliphatic carbocycles. The van der Waals surface area contributed by atoms with Crippen LogP contribution in [0.2, 0.25) is 0 Å². The lowest BCUT2D eigenvalue weighted by Crippen LogP contribution is -2.36. The number of nitrogens with two attached hydrogens (primary N) is 1. The summed E-state index contributed by atoms with van der Waals surface area (Å²) in [5.41, 5.74) is 6.20. The van der Waals surface area contributed by atoms with Crippen molar-refractivity contribution in [1.82, 2.24) is 0 Å². The van der Waals surface area contributed by atoms with Crippen LogP contribution < -0.4 is 5.73 Å². The zero-order valence-corrected chi connectivity index (χ0v) is 9.07. The van der Waals surface area contributed by atoms with Gasteiger partial charge in [0, 0.05) is 6.04 Å². The van der Waals surface area contributed by atoms with Gasteiger partial charge in [0.25, 0.3) is 0 Å². The van der Waals surface area contributed by atoms with Crippen LogP contribution in [0.1, 0.15) is 33.1 Å². The summed E-state index contributed by atoms with van der Waals surface area (Å²) in [6.07, 6.45) is 3.91. The Bertz CT molecular complexity index is 121. The fraction of sp³-hybridized carbons (Fsp3) is 1.00. The molecule has 1 nitrogen and oxygen atoms in total. The first-order valence-corrected chi connectivity index (χ1v) is 6.24. The third-order valence-corrected chi connectivity index (χ3v) is 4.10. The molecule has 0 spiro atoms. The standard InChI is InChI=1S/C10H21NS/c1-3-4-8(2)10(11)9-5-6-12-7-9/h8-10H,3-7,11H2,1-2H3. The third kappa shape index (κ3) is 2.67. The molecule has 12 heavy (non-hydrogen) atoms. The van der Waals surface area contributed by atoms with Crippen LogP contribution in [0.15, 0.2) is 0 Å². The van der Waals surface area contributed by atoms with Gasteiger partial charge < -0.3 is 5.73 Å². The maximum Gasteiger partial charge on any atom is 0.0101 e. The number of hydrogen-bond donors (Lipinski definition) is 1. The van der Waals surface area contributed by atoms with E-state index in [-0.39, 0.29) is 0 Å².